The summed E-state index contributed by atoms with van der Waals surface area (Å²) in [6, 6.07) is -0.348. The first kappa shape index (κ1) is 14.4. The molecule has 0 aromatic carbocycles. The second kappa shape index (κ2) is 6.89. The van der Waals surface area contributed by atoms with Crippen molar-refractivity contribution in [3.8, 4) is 0 Å². The molecule has 0 spiro atoms. The van der Waals surface area contributed by atoms with E-state index in [9.17, 15) is 9.59 Å². The van der Waals surface area contributed by atoms with Gasteiger partial charge < -0.3 is 10.2 Å². The van der Waals surface area contributed by atoms with Crippen molar-refractivity contribution in [3.63, 3.8) is 0 Å². The SMILES string of the molecule is CSCCCN1CCC(=O)NC(C(C)C)C1=O. The van der Waals surface area contributed by atoms with Gasteiger partial charge in [0.25, 0.3) is 0 Å². The van der Waals surface area contributed by atoms with Crippen LogP contribution in [0.5, 0.6) is 0 Å². The number of amides is 2. The van der Waals surface area contributed by atoms with Crippen LogP contribution in [0, 0.1) is 5.92 Å². The van der Waals surface area contributed by atoms with E-state index in [4.69, 9.17) is 0 Å². The third-order valence-electron chi connectivity index (χ3n) is 2.95. The molecule has 2 amide bonds. The average Bonchev–Trinajstić information content (AvgIpc) is 2.41. The Hall–Kier alpha value is -0.710. The molecule has 1 atom stereocenters. The Bertz CT molecular complexity index is 282. The zero-order valence-electron chi connectivity index (χ0n) is 10.9. The van der Waals surface area contributed by atoms with Crippen LogP contribution in [0.25, 0.3) is 0 Å². The van der Waals surface area contributed by atoms with E-state index in [1.54, 1.807) is 11.8 Å². The van der Waals surface area contributed by atoms with Gasteiger partial charge >= 0.3 is 0 Å². The molecule has 0 saturated carbocycles. The largest absolute Gasteiger partial charge is 0.344 e. The van der Waals surface area contributed by atoms with Gasteiger partial charge in [-0.1, -0.05) is 13.8 Å². The van der Waals surface area contributed by atoms with Crippen molar-refractivity contribution in [2.75, 3.05) is 25.1 Å². The van der Waals surface area contributed by atoms with E-state index in [1.807, 2.05) is 18.7 Å². The molecule has 1 N–H and O–H groups in total. The molecule has 1 unspecified atom stereocenters. The van der Waals surface area contributed by atoms with Crippen LogP contribution in [0.3, 0.4) is 0 Å². The number of thioether (sulfide) groups is 1. The van der Waals surface area contributed by atoms with Gasteiger partial charge in [0.05, 0.1) is 0 Å². The number of hydrogen-bond acceptors (Lipinski definition) is 3. The quantitative estimate of drug-likeness (QED) is 0.752. The standard InChI is InChI=1S/C12H22N2O2S/c1-9(2)11-12(16)14(6-4-8-17-3)7-5-10(15)13-11/h9,11H,4-8H2,1-3H3,(H,13,15). The first-order valence-electron chi connectivity index (χ1n) is 6.13. The van der Waals surface area contributed by atoms with Crippen LogP contribution in [0.2, 0.25) is 0 Å². The molecule has 0 radical (unpaired) electrons. The van der Waals surface area contributed by atoms with Crippen LogP contribution in [0.15, 0.2) is 0 Å². The van der Waals surface area contributed by atoms with Crippen LogP contribution >= 0.6 is 11.8 Å². The maximum atomic E-state index is 12.2. The monoisotopic (exact) mass is 258 g/mol. The summed E-state index contributed by atoms with van der Waals surface area (Å²) in [5, 5.41) is 2.81. The summed E-state index contributed by atoms with van der Waals surface area (Å²) in [6.07, 6.45) is 3.48. The van der Waals surface area contributed by atoms with E-state index in [0.29, 0.717) is 13.0 Å². The lowest BCUT2D eigenvalue weighted by Crippen LogP contribution is -2.48. The van der Waals surface area contributed by atoms with Crippen molar-refractivity contribution >= 4 is 23.6 Å². The summed E-state index contributed by atoms with van der Waals surface area (Å²) in [5.41, 5.74) is 0. The summed E-state index contributed by atoms with van der Waals surface area (Å²) in [6.45, 7) is 5.25. The van der Waals surface area contributed by atoms with Crippen molar-refractivity contribution in [2.45, 2.75) is 32.7 Å². The summed E-state index contributed by atoms with van der Waals surface area (Å²) < 4.78 is 0. The molecule has 1 rings (SSSR count). The van der Waals surface area contributed by atoms with E-state index < -0.39 is 0 Å². The van der Waals surface area contributed by atoms with Crippen molar-refractivity contribution in [1.29, 1.82) is 0 Å². The third-order valence-corrected chi connectivity index (χ3v) is 3.64. The summed E-state index contributed by atoms with van der Waals surface area (Å²) >= 11 is 1.78. The highest BCUT2D eigenvalue weighted by Crippen LogP contribution is 2.12. The second-order valence-corrected chi connectivity index (χ2v) is 5.70. The molecule has 0 aliphatic carbocycles. The fourth-order valence-electron chi connectivity index (χ4n) is 1.92. The minimum absolute atomic E-state index is 0.00980. The zero-order chi connectivity index (χ0) is 12.8. The Morgan fingerprint density at radius 1 is 1.47 bits per heavy atom. The van der Waals surface area contributed by atoms with Gasteiger partial charge in [-0.05, 0) is 24.3 Å². The van der Waals surface area contributed by atoms with Crippen LogP contribution in [0.4, 0.5) is 0 Å². The molecule has 0 aromatic heterocycles. The van der Waals surface area contributed by atoms with Crippen LogP contribution in [-0.4, -0.2) is 47.9 Å². The first-order chi connectivity index (χ1) is 8.06. The minimum Gasteiger partial charge on any atom is -0.344 e. The van der Waals surface area contributed by atoms with Crippen molar-refractivity contribution < 1.29 is 9.59 Å². The summed E-state index contributed by atoms with van der Waals surface area (Å²) in [5.74, 6) is 1.27. The molecule has 17 heavy (non-hydrogen) atoms. The Kier molecular flexibility index (Phi) is 5.82. The third kappa shape index (κ3) is 4.22. The molecule has 98 valence electrons. The molecule has 5 heteroatoms. The Labute approximate surface area is 108 Å². The lowest BCUT2D eigenvalue weighted by Gasteiger charge is -2.25. The molecule has 1 heterocycles. The van der Waals surface area contributed by atoms with Crippen molar-refractivity contribution in [1.82, 2.24) is 10.2 Å². The van der Waals surface area contributed by atoms with Crippen LogP contribution in [0.1, 0.15) is 26.7 Å². The van der Waals surface area contributed by atoms with Crippen LogP contribution in [-0.2, 0) is 9.59 Å². The predicted octanol–water partition coefficient (Wildman–Crippen LogP) is 1.11. The highest BCUT2D eigenvalue weighted by Gasteiger charge is 2.31. The lowest BCUT2D eigenvalue weighted by molar-refractivity contribution is -0.134. The molecule has 1 aliphatic heterocycles. The highest BCUT2D eigenvalue weighted by atomic mass is 32.2. The molecule has 1 fully saturated rings. The van der Waals surface area contributed by atoms with Gasteiger partial charge in [0, 0.05) is 19.5 Å². The zero-order valence-corrected chi connectivity index (χ0v) is 11.7. The minimum atomic E-state index is -0.348. The van der Waals surface area contributed by atoms with Crippen LogP contribution < -0.4 is 5.32 Å². The van der Waals surface area contributed by atoms with Gasteiger partial charge in [-0.15, -0.1) is 0 Å². The maximum absolute atomic E-state index is 12.2. The van der Waals surface area contributed by atoms with E-state index in [2.05, 4.69) is 11.6 Å². The molecule has 0 aromatic rings. The normalized spacial score (nSPS) is 21.6. The predicted molar refractivity (Wildman–Crippen MR) is 71.0 cm³/mol. The summed E-state index contributed by atoms with van der Waals surface area (Å²) in [7, 11) is 0. The van der Waals surface area contributed by atoms with Gasteiger partial charge in [-0.3, -0.25) is 9.59 Å². The average molecular weight is 258 g/mol. The molecule has 1 saturated heterocycles. The Balaban J connectivity index is 2.63. The second-order valence-electron chi connectivity index (χ2n) is 4.71. The van der Waals surface area contributed by atoms with Crippen molar-refractivity contribution in [3.05, 3.63) is 0 Å². The van der Waals surface area contributed by atoms with Gasteiger partial charge in [-0.25, -0.2) is 0 Å². The van der Waals surface area contributed by atoms with E-state index in [0.717, 1.165) is 18.7 Å². The van der Waals surface area contributed by atoms with E-state index in [-0.39, 0.29) is 23.8 Å². The maximum Gasteiger partial charge on any atom is 0.245 e. The Morgan fingerprint density at radius 2 is 2.18 bits per heavy atom. The molecule has 1 aliphatic rings. The number of rotatable bonds is 5. The van der Waals surface area contributed by atoms with E-state index >= 15 is 0 Å². The lowest BCUT2D eigenvalue weighted by atomic mass is 10.0. The molecule has 0 bridgehead atoms. The number of carbonyl (C=O) groups excluding carboxylic acids is 2. The molecular weight excluding hydrogens is 236 g/mol. The van der Waals surface area contributed by atoms with Gasteiger partial charge in [0.1, 0.15) is 6.04 Å². The van der Waals surface area contributed by atoms with E-state index in [1.165, 1.54) is 0 Å². The summed E-state index contributed by atoms with van der Waals surface area (Å²) in [4.78, 5) is 25.6. The topological polar surface area (TPSA) is 49.4 Å². The van der Waals surface area contributed by atoms with Gasteiger partial charge in [0.2, 0.25) is 11.8 Å². The number of hydrogen-bond donors (Lipinski definition) is 1. The molecule has 4 nitrogen and oxygen atoms in total. The van der Waals surface area contributed by atoms with Crippen molar-refractivity contribution in [2.24, 2.45) is 5.92 Å². The fraction of sp³-hybridized carbons (Fsp3) is 0.833. The van der Waals surface area contributed by atoms with Gasteiger partial charge in [-0.2, -0.15) is 11.8 Å². The Morgan fingerprint density at radius 3 is 2.76 bits per heavy atom. The van der Waals surface area contributed by atoms with Gasteiger partial charge in [0.15, 0.2) is 0 Å². The number of nitrogens with one attached hydrogen (secondary N) is 1. The fourth-order valence-corrected chi connectivity index (χ4v) is 2.34. The highest BCUT2D eigenvalue weighted by molar-refractivity contribution is 7.98. The number of carbonyl (C=O) groups is 2. The smallest absolute Gasteiger partial charge is 0.245 e. The first-order valence-corrected chi connectivity index (χ1v) is 7.52. The molecular formula is C12H22N2O2S. The number of nitrogens with zero attached hydrogens (tertiary/aromatic N) is 1.